The average Bonchev–Trinajstić information content (AvgIpc) is 2.19. The van der Waals surface area contributed by atoms with E-state index in [2.05, 4.69) is 22.2 Å². The van der Waals surface area contributed by atoms with Gasteiger partial charge in [-0.25, -0.2) is 9.97 Å². The van der Waals surface area contributed by atoms with Gasteiger partial charge in [-0.2, -0.15) is 0 Å². The van der Waals surface area contributed by atoms with E-state index in [1.807, 2.05) is 0 Å². The van der Waals surface area contributed by atoms with Gasteiger partial charge in [0, 0.05) is 25.1 Å². The SMILES string of the molecule is COCc1cnc(NC2(C)COC2)nc1. The third kappa shape index (κ3) is 2.43. The Labute approximate surface area is 88.8 Å². The van der Waals surface area contributed by atoms with Crippen molar-refractivity contribution in [3.8, 4) is 0 Å². The highest BCUT2D eigenvalue weighted by molar-refractivity contribution is 5.30. The molecule has 5 nitrogen and oxygen atoms in total. The summed E-state index contributed by atoms with van der Waals surface area (Å²) in [6.45, 7) is 4.04. The Balaban J connectivity index is 1.97. The van der Waals surface area contributed by atoms with E-state index in [1.165, 1.54) is 0 Å². The molecule has 0 unspecified atom stereocenters. The number of hydrogen-bond donors (Lipinski definition) is 1. The molecule has 82 valence electrons. The lowest BCUT2D eigenvalue weighted by molar-refractivity contribution is -0.0322. The molecule has 1 aliphatic rings. The Morgan fingerprint density at radius 3 is 2.60 bits per heavy atom. The molecule has 0 atom stereocenters. The van der Waals surface area contributed by atoms with Crippen LogP contribution < -0.4 is 5.32 Å². The molecular formula is C10H15N3O2. The van der Waals surface area contributed by atoms with Crippen LogP contribution in [0.4, 0.5) is 5.95 Å². The van der Waals surface area contributed by atoms with Gasteiger partial charge in [-0.1, -0.05) is 0 Å². The van der Waals surface area contributed by atoms with Gasteiger partial charge in [-0.15, -0.1) is 0 Å². The maximum Gasteiger partial charge on any atom is 0.223 e. The molecule has 0 amide bonds. The summed E-state index contributed by atoms with van der Waals surface area (Å²) in [5.74, 6) is 0.639. The van der Waals surface area contributed by atoms with Crippen molar-refractivity contribution in [1.82, 2.24) is 9.97 Å². The van der Waals surface area contributed by atoms with E-state index in [1.54, 1.807) is 19.5 Å². The smallest absolute Gasteiger partial charge is 0.223 e. The molecule has 0 aromatic carbocycles. The van der Waals surface area contributed by atoms with Crippen molar-refractivity contribution in [2.75, 3.05) is 25.6 Å². The van der Waals surface area contributed by atoms with Gasteiger partial charge in [0.25, 0.3) is 0 Å². The molecule has 0 spiro atoms. The van der Waals surface area contributed by atoms with E-state index in [0.717, 1.165) is 5.56 Å². The maximum absolute atomic E-state index is 5.13. The fourth-order valence-corrected chi connectivity index (χ4v) is 1.41. The highest BCUT2D eigenvalue weighted by Gasteiger charge is 2.33. The lowest BCUT2D eigenvalue weighted by Crippen LogP contribution is -2.53. The highest BCUT2D eigenvalue weighted by Crippen LogP contribution is 2.20. The molecule has 15 heavy (non-hydrogen) atoms. The number of ether oxygens (including phenoxy) is 2. The summed E-state index contributed by atoms with van der Waals surface area (Å²) >= 11 is 0. The quantitative estimate of drug-likeness (QED) is 0.795. The van der Waals surface area contributed by atoms with Crippen LogP contribution in [-0.4, -0.2) is 35.8 Å². The van der Waals surface area contributed by atoms with Crippen LogP contribution in [0.25, 0.3) is 0 Å². The molecule has 0 bridgehead atoms. The van der Waals surface area contributed by atoms with Gasteiger partial charge in [0.2, 0.25) is 5.95 Å². The van der Waals surface area contributed by atoms with Crippen molar-refractivity contribution in [3.63, 3.8) is 0 Å². The van der Waals surface area contributed by atoms with E-state index in [-0.39, 0.29) is 5.54 Å². The van der Waals surface area contributed by atoms with Gasteiger partial charge < -0.3 is 14.8 Å². The predicted octanol–water partition coefficient (Wildman–Crippen LogP) is 0.824. The van der Waals surface area contributed by atoms with Gasteiger partial charge >= 0.3 is 0 Å². The minimum absolute atomic E-state index is 0.0111. The molecule has 1 aromatic heterocycles. The first-order chi connectivity index (χ1) is 7.22. The summed E-state index contributed by atoms with van der Waals surface area (Å²) in [7, 11) is 1.65. The summed E-state index contributed by atoms with van der Waals surface area (Å²) < 4.78 is 10.1. The highest BCUT2D eigenvalue weighted by atomic mass is 16.5. The molecule has 1 aliphatic heterocycles. The molecule has 1 fully saturated rings. The summed E-state index contributed by atoms with van der Waals surface area (Å²) in [4.78, 5) is 8.41. The van der Waals surface area contributed by atoms with Crippen molar-refractivity contribution in [1.29, 1.82) is 0 Å². The number of methoxy groups -OCH3 is 1. The third-order valence-corrected chi connectivity index (χ3v) is 2.27. The van der Waals surface area contributed by atoms with Crippen LogP contribution in [0.1, 0.15) is 12.5 Å². The monoisotopic (exact) mass is 209 g/mol. The van der Waals surface area contributed by atoms with E-state index >= 15 is 0 Å². The van der Waals surface area contributed by atoms with E-state index < -0.39 is 0 Å². The molecule has 1 aromatic rings. The number of nitrogens with zero attached hydrogens (tertiary/aromatic N) is 2. The number of rotatable bonds is 4. The Hall–Kier alpha value is -1.20. The molecule has 0 saturated carbocycles. The minimum Gasteiger partial charge on any atom is -0.380 e. The van der Waals surface area contributed by atoms with Crippen molar-refractivity contribution in [2.45, 2.75) is 19.1 Å². The Bertz CT molecular complexity index is 322. The molecular weight excluding hydrogens is 194 g/mol. The molecule has 2 heterocycles. The Morgan fingerprint density at radius 2 is 2.13 bits per heavy atom. The fourth-order valence-electron chi connectivity index (χ4n) is 1.41. The van der Waals surface area contributed by atoms with Gasteiger partial charge in [-0.3, -0.25) is 0 Å². The second-order valence-electron chi connectivity index (χ2n) is 4.03. The zero-order chi connectivity index (χ0) is 10.7. The van der Waals surface area contributed by atoms with Crippen LogP contribution in [0.5, 0.6) is 0 Å². The molecule has 1 N–H and O–H groups in total. The standard InChI is InChI=1S/C10H15N3O2/c1-10(6-15-7-10)13-9-11-3-8(4-12-9)5-14-2/h3-4H,5-7H2,1-2H3,(H,11,12,13). The fraction of sp³-hybridized carbons (Fsp3) is 0.600. The minimum atomic E-state index is -0.0111. The van der Waals surface area contributed by atoms with Crippen LogP contribution in [0.15, 0.2) is 12.4 Å². The number of nitrogens with one attached hydrogen (secondary N) is 1. The van der Waals surface area contributed by atoms with E-state index in [9.17, 15) is 0 Å². The van der Waals surface area contributed by atoms with Crippen molar-refractivity contribution in [3.05, 3.63) is 18.0 Å². The summed E-state index contributed by atoms with van der Waals surface area (Å²) in [5.41, 5.74) is 0.959. The molecule has 1 saturated heterocycles. The lowest BCUT2D eigenvalue weighted by Gasteiger charge is -2.38. The zero-order valence-electron chi connectivity index (χ0n) is 8.99. The zero-order valence-corrected chi connectivity index (χ0v) is 8.99. The van der Waals surface area contributed by atoms with Gasteiger partial charge in [0.05, 0.1) is 25.4 Å². The van der Waals surface area contributed by atoms with Gasteiger partial charge in [-0.05, 0) is 6.92 Å². The second-order valence-corrected chi connectivity index (χ2v) is 4.03. The van der Waals surface area contributed by atoms with Gasteiger partial charge in [0.1, 0.15) is 0 Å². The summed E-state index contributed by atoms with van der Waals surface area (Å²) in [6.07, 6.45) is 3.53. The largest absolute Gasteiger partial charge is 0.380 e. The van der Waals surface area contributed by atoms with E-state index in [0.29, 0.717) is 25.8 Å². The molecule has 2 rings (SSSR count). The second kappa shape index (κ2) is 4.12. The first-order valence-corrected chi connectivity index (χ1v) is 4.88. The number of aromatic nitrogens is 2. The van der Waals surface area contributed by atoms with Gasteiger partial charge in [0.15, 0.2) is 0 Å². The lowest BCUT2D eigenvalue weighted by atomic mass is 10.0. The Kier molecular flexibility index (Phi) is 2.83. The molecule has 5 heteroatoms. The first kappa shape index (κ1) is 10.3. The summed E-state index contributed by atoms with van der Waals surface area (Å²) in [6, 6.07) is 0. The summed E-state index contributed by atoms with van der Waals surface area (Å²) in [5, 5.41) is 3.24. The van der Waals surface area contributed by atoms with Crippen LogP contribution in [0.2, 0.25) is 0 Å². The Morgan fingerprint density at radius 1 is 1.47 bits per heavy atom. The van der Waals surface area contributed by atoms with Crippen molar-refractivity contribution in [2.24, 2.45) is 0 Å². The normalized spacial score (nSPS) is 18.3. The van der Waals surface area contributed by atoms with Crippen molar-refractivity contribution >= 4 is 5.95 Å². The molecule has 0 aliphatic carbocycles. The number of hydrogen-bond acceptors (Lipinski definition) is 5. The topological polar surface area (TPSA) is 56.3 Å². The maximum atomic E-state index is 5.13. The van der Waals surface area contributed by atoms with Crippen LogP contribution >= 0.6 is 0 Å². The average molecular weight is 209 g/mol. The number of anilines is 1. The first-order valence-electron chi connectivity index (χ1n) is 4.88. The van der Waals surface area contributed by atoms with Crippen LogP contribution in [-0.2, 0) is 16.1 Å². The van der Waals surface area contributed by atoms with Crippen LogP contribution in [0.3, 0.4) is 0 Å². The van der Waals surface area contributed by atoms with Crippen LogP contribution in [0, 0.1) is 0 Å². The van der Waals surface area contributed by atoms with Crippen molar-refractivity contribution < 1.29 is 9.47 Å². The molecule has 0 radical (unpaired) electrons. The predicted molar refractivity (Wildman–Crippen MR) is 55.6 cm³/mol. The third-order valence-electron chi connectivity index (χ3n) is 2.27. The van der Waals surface area contributed by atoms with E-state index in [4.69, 9.17) is 9.47 Å².